The molecule has 1 N–H and O–H groups in total. The fourth-order valence-corrected chi connectivity index (χ4v) is 3.14. The van der Waals surface area contributed by atoms with Crippen LogP contribution in [0.3, 0.4) is 0 Å². The molecule has 1 aliphatic rings. The van der Waals surface area contributed by atoms with E-state index < -0.39 is 0 Å². The van der Waals surface area contributed by atoms with Gasteiger partial charge in [-0.1, -0.05) is 18.2 Å². The zero-order chi connectivity index (χ0) is 18.6. The molecular weight excluding hydrogens is 330 g/mol. The van der Waals surface area contributed by atoms with E-state index in [9.17, 15) is 4.79 Å². The number of carbonyl (C=O) groups is 1. The number of ether oxygens (including phenoxy) is 3. The standard InChI is InChI=1S/C21H25NO4/c1-24-17-8-6-16(7-9-17)21(12-13-21)22-20(23)11-5-15-4-10-18(25-2)19(14-15)26-3/h4,6-10,14H,5,11-13H2,1-3H3,(H,22,23). The third-order valence-electron chi connectivity index (χ3n) is 4.86. The van der Waals surface area contributed by atoms with Crippen molar-refractivity contribution < 1.29 is 19.0 Å². The Bertz CT molecular complexity index is 766. The van der Waals surface area contributed by atoms with Gasteiger partial charge in [0.1, 0.15) is 5.75 Å². The second kappa shape index (κ2) is 7.68. The van der Waals surface area contributed by atoms with Gasteiger partial charge in [0.15, 0.2) is 11.5 Å². The minimum absolute atomic E-state index is 0.0631. The Morgan fingerprint density at radius 3 is 2.23 bits per heavy atom. The number of amides is 1. The van der Waals surface area contributed by atoms with E-state index in [-0.39, 0.29) is 11.4 Å². The fourth-order valence-electron chi connectivity index (χ4n) is 3.14. The van der Waals surface area contributed by atoms with Crippen LogP contribution in [0.5, 0.6) is 17.2 Å². The number of hydrogen-bond donors (Lipinski definition) is 1. The van der Waals surface area contributed by atoms with E-state index in [0.717, 1.165) is 29.7 Å². The van der Waals surface area contributed by atoms with E-state index in [2.05, 4.69) is 5.32 Å². The highest BCUT2D eigenvalue weighted by Gasteiger charge is 2.45. The van der Waals surface area contributed by atoms with Crippen LogP contribution in [-0.4, -0.2) is 27.2 Å². The highest BCUT2D eigenvalue weighted by atomic mass is 16.5. The average Bonchev–Trinajstić information content (AvgIpc) is 3.46. The summed E-state index contributed by atoms with van der Waals surface area (Å²) in [6.45, 7) is 0. The van der Waals surface area contributed by atoms with Gasteiger partial charge in [-0.3, -0.25) is 4.79 Å². The molecule has 138 valence electrons. The predicted octanol–water partition coefficient (Wildman–Crippen LogP) is 3.45. The Morgan fingerprint density at radius 2 is 1.65 bits per heavy atom. The van der Waals surface area contributed by atoms with Crippen LogP contribution in [0.2, 0.25) is 0 Å². The van der Waals surface area contributed by atoms with E-state index >= 15 is 0 Å². The van der Waals surface area contributed by atoms with Crippen LogP contribution in [0, 0.1) is 0 Å². The molecule has 3 rings (SSSR count). The molecule has 0 aromatic heterocycles. The van der Waals surface area contributed by atoms with Gasteiger partial charge in [0.05, 0.1) is 26.9 Å². The molecule has 2 aromatic carbocycles. The molecule has 0 atom stereocenters. The number of hydrogen-bond acceptors (Lipinski definition) is 4. The van der Waals surface area contributed by atoms with Crippen LogP contribution < -0.4 is 19.5 Å². The summed E-state index contributed by atoms with van der Waals surface area (Å²) in [6, 6.07) is 13.7. The molecule has 0 spiro atoms. The van der Waals surface area contributed by atoms with Crippen LogP contribution in [0.4, 0.5) is 0 Å². The van der Waals surface area contributed by atoms with Gasteiger partial charge in [0.25, 0.3) is 0 Å². The lowest BCUT2D eigenvalue weighted by Gasteiger charge is -2.18. The van der Waals surface area contributed by atoms with E-state index in [1.807, 2.05) is 42.5 Å². The Kier molecular flexibility index (Phi) is 5.35. The van der Waals surface area contributed by atoms with Gasteiger partial charge in [0.2, 0.25) is 5.91 Å². The molecule has 0 saturated heterocycles. The smallest absolute Gasteiger partial charge is 0.221 e. The highest BCUT2D eigenvalue weighted by Crippen LogP contribution is 2.45. The summed E-state index contributed by atoms with van der Waals surface area (Å²) in [5.41, 5.74) is 1.98. The number of methoxy groups -OCH3 is 3. The summed E-state index contributed by atoms with van der Waals surface area (Å²) in [5.74, 6) is 2.26. The maximum absolute atomic E-state index is 12.5. The quantitative estimate of drug-likeness (QED) is 0.788. The SMILES string of the molecule is COc1ccc(C2(NC(=O)CCc3ccc(OC)c(OC)c3)CC2)cc1. The summed E-state index contributed by atoms with van der Waals surface area (Å²) in [4.78, 5) is 12.5. The van der Waals surface area contributed by atoms with Crippen molar-refractivity contribution in [2.45, 2.75) is 31.2 Å². The second-order valence-corrected chi connectivity index (χ2v) is 6.55. The van der Waals surface area contributed by atoms with Crippen molar-refractivity contribution in [1.29, 1.82) is 0 Å². The summed E-state index contributed by atoms with van der Waals surface area (Å²) in [6.07, 6.45) is 3.04. The number of aryl methyl sites for hydroxylation is 1. The van der Waals surface area contributed by atoms with Crippen LogP contribution in [0.15, 0.2) is 42.5 Å². The summed E-state index contributed by atoms with van der Waals surface area (Å²) >= 11 is 0. The lowest BCUT2D eigenvalue weighted by Crippen LogP contribution is -2.34. The zero-order valence-corrected chi connectivity index (χ0v) is 15.5. The van der Waals surface area contributed by atoms with Crippen molar-refractivity contribution in [1.82, 2.24) is 5.32 Å². The van der Waals surface area contributed by atoms with Crippen LogP contribution in [0.1, 0.15) is 30.4 Å². The molecule has 0 bridgehead atoms. The second-order valence-electron chi connectivity index (χ2n) is 6.55. The first-order valence-corrected chi connectivity index (χ1v) is 8.76. The summed E-state index contributed by atoms with van der Waals surface area (Å²) < 4.78 is 15.8. The molecule has 0 unspecified atom stereocenters. The lowest BCUT2D eigenvalue weighted by atomic mass is 10.0. The molecule has 5 nitrogen and oxygen atoms in total. The molecule has 5 heteroatoms. The first-order chi connectivity index (χ1) is 12.6. The molecule has 2 aromatic rings. The van der Waals surface area contributed by atoms with Crippen molar-refractivity contribution in [3.63, 3.8) is 0 Å². The monoisotopic (exact) mass is 355 g/mol. The molecule has 0 radical (unpaired) electrons. The maximum atomic E-state index is 12.5. The first kappa shape index (κ1) is 18.1. The summed E-state index contributed by atoms with van der Waals surface area (Å²) in [7, 11) is 4.87. The van der Waals surface area contributed by atoms with E-state index in [1.54, 1.807) is 21.3 Å². The van der Waals surface area contributed by atoms with Gasteiger partial charge in [-0.15, -0.1) is 0 Å². The van der Waals surface area contributed by atoms with Gasteiger partial charge in [0, 0.05) is 6.42 Å². The number of rotatable bonds is 8. The molecule has 1 fully saturated rings. The maximum Gasteiger partial charge on any atom is 0.221 e. The molecule has 0 heterocycles. The number of nitrogens with one attached hydrogen (secondary N) is 1. The zero-order valence-electron chi connectivity index (χ0n) is 15.5. The molecule has 0 aliphatic heterocycles. The van der Waals surface area contributed by atoms with E-state index in [0.29, 0.717) is 24.3 Å². The van der Waals surface area contributed by atoms with Gasteiger partial charge in [-0.05, 0) is 54.7 Å². The number of benzene rings is 2. The normalized spacial score (nSPS) is 14.4. The third-order valence-corrected chi connectivity index (χ3v) is 4.86. The van der Waals surface area contributed by atoms with Crippen LogP contribution >= 0.6 is 0 Å². The van der Waals surface area contributed by atoms with Crippen molar-refractivity contribution in [3.05, 3.63) is 53.6 Å². The first-order valence-electron chi connectivity index (χ1n) is 8.76. The van der Waals surface area contributed by atoms with Crippen molar-refractivity contribution >= 4 is 5.91 Å². The van der Waals surface area contributed by atoms with E-state index in [1.165, 1.54) is 0 Å². The van der Waals surface area contributed by atoms with Crippen molar-refractivity contribution in [2.24, 2.45) is 0 Å². The van der Waals surface area contributed by atoms with Crippen LogP contribution in [0.25, 0.3) is 0 Å². The molecule has 1 amide bonds. The third kappa shape index (κ3) is 3.93. The minimum atomic E-state index is -0.207. The van der Waals surface area contributed by atoms with Crippen molar-refractivity contribution in [2.75, 3.05) is 21.3 Å². The van der Waals surface area contributed by atoms with E-state index in [4.69, 9.17) is 14.2 Å². The van der Waals surface area contributed by atoms with Crippen LogP contribution in [-0.2, 0) is 16.8 Å². The summed E-state index contributed by atoms with van der Waals surface area (Å²) in [5, 5.41) is 3.21. The average molecular weight is 355 g/mol. The van der Waals surface area contributed by atoms with Gasteiger partial charge in [-0.2, -0.15) is 0 Å². The molecule has 1 aliphatic carbocycles. The van der Waals surface area contributed by atoms with Gasteiger partial charge < -0.3 is 19.5 Å². The Balaban J connectivity index is 1.58. The van der Waals surface area contributed by atoms with Gasteiger partial charge >= 0.3 is 0 Å². The van der Waals surface area contributed by atoms with Gasteiger partial charge in [-0.25, -0.2) is 0 Å². The Labute approximate surface area is 154 Å². The molecule has 26 heavy (non-hydrogen) atoms. The van der Waals surface area contributed by atoms with Crippen molar-refractivity contribution in [3.8, 4) is 17.2 Å². The number of carbonyl (C=O) groups excluding carboxylic acids is 1. The topological polar surface area (TPSA) is 56.8 Å². The lowest BCUT2D eigenvalue weighted by molar-refractivity contribution is -0.122. The largest absolute Gasteiger partial charge is 0.497 e. The Hall–Kier alpha value is -2.69. The molecular formula is C21H25NO4. The molecule has 1 saturated carbocycles. The fraction of sp³-hybridized carbons (Fsp3) is 0.381. The minimum Gasteiger partial charge on any atom is -0.497 e. The predicted molar refractivity (Wildman–Crippen MR) is 99.9 cm³/mol. The Morgan fingerprint density at radius 1 is 0.962 bits per heavy atom. The highest BCUT2D eigenvalue weighted by molar-refractivity contribution is 5.78.